The number of nitrogens with zero attached hydrogens (tertiary/aromatic N) is 4. The van der Waals surface area contributed by atoms with E-state index < -0.39 is 83.6 Å². The van der Waals surface area contributed by atoms with Crippen LogP contribution in [0.15, 0.2) is 42.5 Å². The zero-order valence-corrected chi connectivity index (χ0v) is 32.8. The Hall–Kier alpha value is -4.16. The molecule has 0 aliphatic rings. The number of amides is 2. The van der Waals surface area contributed by atoms with Gasteiger partial charge in [-0.2, -0.15) is 17.6 Å². The van der Waals surface area contributed by atoms with Gasteiger partial charge in [0, 0.05) is 11.6 Å². The molecule has 1 N–H and O–H groups in total. The molecule has 3 rings (SSSR count). The summed E-state index contributed by atoms with van der Waals surface area (Å²) in [6.45, 7) is 19.2. The van der Waals surface area contributed by atoms with E-state index in [4.69, 9.17) is 13.9 Å². The smallest absolute Gasteiger partial charge is 0.416 e. The van der Waals surface area contributed by atoms with E-state index in [0.29, 0.717) is 0 Å². The van der Waals surface area contributed by atoms with Crippen LogP contribution in [-0.2, 0) is 20.1 Å². The van der Waals surface area contributed by atoms with Gasteiger partial charge >= 0.3 is 24.1 Å². The van der Waals surface area contributed by atoms with Crippen LogP contribution in [0.1, 0.15) is 79.5 Å². The highest BCUT2D eigenvalue weighted by Crippen LogP contribution is 2.42. The van der Waals surface area contributed by atoms with Crippen LogP contribution in [0, 0.1) is 15.9 Å². The quantitative estimate of drug-likeness (QED) is 0.0921. The number of carbonyl (C=O) groups is 2. The second kappa shape index (κ2) is 15.4. The maximum Gasteiger partial charge on any atom is 0.416 e. The summed E-state index contributed by atoms with van der Waals surface area (Å²) in [6, 6.07) is 6.33. The molecule has 0 saturated heterocycles. The predicted octanol–water partition coefficient (Wildman–Crippen LogP) is 9.67. The van der Waals surface area contributed by atoms with Gasteiger partial charge in [-0.1, -0.05) is 44.2 Å². The van der Waals surface area contributed by atoms with Gasteiger partial charge in [-0.3, -0.25) is 10.1 Å². The molecule has 18 heteroatoms. The summed E-state index contributed by atoms with van der Waals surface area (Å²) >= 11 is 0.837. The molecule has 0 unspecified atom stereocenters. The Labute approximate surface area is 305 Å². The van der Waals surface area contributed by atoms with Crippen LogP contribution in [0.4, 0.5) is 38.0 Å². The van der Waals surface area contributed by atoms with Gasteiger partial charge in [0.15, 0.2) is 8.32 Å². The van der Waals surface area contributed by atoms with E-state index in [0.717, 1.165) is 40.5 Å². The highest BCUT2D eigenvalue weighted by Gasteiger charge is 2.43. The normalized spacial score (nSPS) is 14.0. The van der Waals surface area contributed by atoms with Crippen molar-refractivity contribution in [1.29, 1.82) is 0 Å². The van der Waals surface area contributed by atoms with Crippen molar-refractivity contribution in [3.8, 4) is 10.6 Å². The molecule has 2 aromatic carbocycles. The number of halogens is 4. The minimum atomic E-state index is -4.61. The molecule has 1 aromatic heterocycles. The van der Waals surface area contributed by atoms with Crippen molar-refractivity contribution in [2.45, 2.75) is 110 Å². The van der Waals surface area contributed by atoms with Crippen molar-refractivity contribution in [2.75, 3.05) is 11.4 Å². The molecule has 0 fully saturated rings. The van der Waals surface area contributed by atoms with Crippen LogP contribution in [0.25, 0.3) is 10.6 Å². The predicted molar refractivity (Wildman–Crippen MR) is 191 cm³/mol. The van der Waals surface area contributed by atoms with E-state index in [1.165, 1.54) is 18.2 Å². The molecule has 12 nitrogen and oxygen atoms in total. The lowest BCUT2D eigenvalue weighted by molar-refractivity contribution is -0.387. The molecule has 52 heavy (non-hydrogen) atoms. The lowest BCUT2D eigenvalue weighted by Gasteiger charge is -2.42. The number of nitro benzene ring substituents is 1. The number of ether oxygens (including phenoxy) is 2. The van der Waals surface area contributed by atoms with Crippen molar-refractivity contribution < 1.29 is 46.0 Å². The van der Waals surface area contributed by atoms with E-state index in [-0.39, 0.29) is 21.3 Å². The van der Waals surface area contributed by atoms with Crippen molar-refractivity contribution >= 4 is 42.7 Å². The average molecular weight is 772 g/mol. The third-order valence-electron chi connectivity index (χ3n) is 7.89. The van der Waals surface area contributed by atoms with E-state index in [1.807, 2.05) is 33.9 Å². The van der Waals surface area contributed by atoms with Gasteiger partial charge in [0.25, 0.3) is 0 Å². The Bertz CT molecular complexity index is 1750. The lowest BCUT2D eigenvalue weighted by atomic mass is 10.00. The largest absolute Gasteiger partial charge is 0.444 e. The van der Waals surface area contributed by atoms with Gasteiger partial charge in [-0.05, 0) is 89.5 Å². The summed E-state index contributed by atoms with van der Waals surface area (Å²) in [6.07, 6.45) is -7.55. The molecule has 286 valence electrons. The number of nitro groups is 1. The van der Waals surface area contributed by atoms with Crippen LogP contribution in [0.3, 0.4) is 0 Å². The fourth-order valence-corrected chi connectivity index (χ4v) is 6.52. The van der Waals surface area contributed by atoms with E-state index in [9.17, 15) is 37.3 Å². The SMILES string of the molecule is CC(C)(C)OC(=O)N[C@H](CN(C(=O)OC(C)(C)C)c1nnc(-c2ccc([N+](=O)[O-])c(F)c2)s1)[C@@H](O[Si](C)(C)C(C)(C)C)c1ccc(C(F)(F)F)cc1. The van der Waals surface area contributed by atoms with Crippen LogP contribution < -0.4 is 10.2 Å². The molecule has 0 aliphatic carbocycles. The highest BCUT2D eigenvalue weighted by atomic mass is 32.1. The van der Waals surface area contributed by atoms with Crippen LogP contribution >= 0.6 is 11.3 Å². The molecule has 0 aliphatic heterocycles. The average Bonchev–Trinajstić information content (AvgIpc) is 3.45. The first kappa shape index (κ1) is 42.3. The standard InChI is InChI=1S/C34H45F4N5O7SSi/c1-31(2,3)48-29(44)39-24(26(50-52(10,11)33(7,8)9)20-12-15-22(16-13-20)34(36,37)38)19-42(30(45)49-32(4,5)6)28-41-40-27(51-28)21-14-17-25(43(46)47)23(35)18-21/h12-18,24,26H,19H2,1-11H3,(H,39,44)/t24-,26+/m1/s1. The number of benzene rings is 2. The number of anilines is 1. The number of carbonyl (C=O) groups excluding carboxylic acids is 2. The minimum Gasteiger partial charge on any atom is -0.444 e. The fraction of sp³-hybridized carbons (Fsp3) is 0.529. The zero-order valence-electron chi connectivity index (χ0n) is 31.0. The maximum absolute atomic E-state index is 14.5. The Morgan fingerprint density at radius 1 is 0.942 bits per heavy atom. The lowest BCUT2D eigenvalue weighted by Crippen LogP contribution is -2.54. The first-order chi connectivity index (χ1) is 23.6. The number of alkyl halides is 3. The number of alkyl carbamates (subject to hydrolysis) is 1. The van der Waals surface area contributed by atoms with E-state index in [1.54, 1.807) is 41.5 Å². The van der Waals surface area contributed by atoms with Crippen LogP contribution in [0.2, 0.25) is 18.1 Å². The number of aromatic nitrogens is 2. The summed E-state index contributed by atoms with van der Waals surface area (Å²) in [5, 5.41) is 21.8. The minimum absolute atomic E-state index is 0.0579. The molecule has 0 radical (unpaired) electrons. The molecular formula is C34H45F4N5O7SSi. The third kappa shape index (κ3) is 11.4. The number of rotatable bonds is 10. The van der Waals surface area contributed by atoms with Gasteiger partial charge in [0.1, 0.15) is 16.2 Å². The molecule has 0 spiro atoms. The van der Waals surface area contributed by atoms with Crippen LogP contribution in [0.5, 0.6) is 0 Å². The van der Waals surface area contributed by atoms with Crippen molar-refractivity contribution in [1.82, 2.24) is 15.5 Å². The first-order valence-electron chi connectivity index (χ1n) is 16.2. The molecule has 1 heterocycles. The maximum atomic E-state index is 14.5. The summed E-state index contributed by atoms with van der Waals surface area (Å²) in [7, 11) is -2.77. The number of nitrogens with one attached hydrogen (secondary N) is 1. The first-order valence-corrected chi connectivity index (χ1v) is 19.9. The monoisotopic (exact) mass is 771 g/mol. The zero-order chi connectivity index (χ0) is 39.6. The third-order valence-corrected chi connectivity index (χ3v) is 13.3. The van der Waals surface area contributed by atoms with Crippen LogP contribution in [-0.4, -0.2) is 59.4 Å². The Morgan fingerprint density at radius 3 is 2.00 bits per heavy atom. The highest BCUT2D eigenvalue weighted by molar-refractivity contribution is 7.18. The topological polar surface area (TPSA) is 146 Å². The number of hydrogen-bond donors (Lipinski definition) is 1. The van der Waals surface area contributed by atoms with E-state index in [2.05, 4.69) is 15.5 Å². The second-order valence-electron chi connectivity index (χ2n) is 15.6. The van der Waals surface area contributed by atoms with Gasteiger partial charge in [-0.15, -0.1) is 10.2 Å². The van der Waals surface area contributed by atoms with Crippen molar-refractivity contribution in [3.63, 3.8) is 0 Å². The summed E-state index contributed by atoms with van der Waals surface area (Å²) < 4.78 is 73.4. The fourth-order valence-electron chi connectivity index (χ4n) is 4.39. The van der Waals surface area contributed by atoms with Gasteiger partial charge in [0.05, 0.1) is 29.2 Å². The van der Waals surface area contributed by atoms with Crippen molar-refractivity contribution in [2.24, 2.45) is 0 Å². The van der Waals surface area contributed by atoms with Crippen molar-refractivity contribution in [3.05, 3.63) is 69.5 Å². The van der Waals surface area contributed by atoms with Gasteiger partial charge in [0.2, 0.25) is 10.9 Å². The number of hydrogen-bond acceptors (Lipinski definition) is 10. The molecule has 0 bridgehead atoms. The molecular weight excluding hydrogens is 727 g/mol. The summed E-state index contributed by atoms with van der Waals surface area (Å²) in [4.78, 5) is 38.7. The second-order valence-corrected chi connectivity index (χ2v) is 21.3. The summed E-state index contributed by atoms with van der Waals surface area (Å²) in [5.74, 6) is -1.10. The summed E-state index contributed by atoms with van der Waals surface area (Å²) in [5.41, 5.74) is -3.17. The van der Waals surface area contributed by atoms with Gasteiger partial charge < -0.3 is 19.2 Å². The Morgan fingerprint density at radius 2 is 1.52 bits per heavy atom. The van der Waals surface area contributed by atoms with Gasteiger partial charge in [-0.25, -0.2) is 14.5 Å². The molecule has 0 saturated carbocycles. The van der Waals surface area contributed by atoms with E-state index >= 15 is 0 Å². The molecule has 3 aromatic rings. The Kier molecular flexibility index (Phi) is 12.5. The Balaban J connectivity index is 2.23. The molecule has 2 atom stereocenters. The molecule has 2 amide bonds.